The van der Waals surface area contributed by atoms with Gasteiger partial charge in [0.05, 0.1) is 0 Å². The minimum Gasteiger partial charge on any atom is -0.371 e. The monoisotopic (exact) mass is 246 g/mol. The molecule has 1 aliphatic carbocycles. The molecule has 0 aromatic heterocycles. The lowest BCUT2D eigenvalue weighted by molar-refractivity contribution is -0.131. The maximum Gasteiger partial charge on any atom is 0.151 e. The zero-order valence-corrected chi connectivity index (χ0v) is 11.3. The fourth-order valence-electron chi connectivity index (χ4n) is 2.84. The van der Waals surface area contributed by atoms with Crippen LogP contribution in [0.25, 0.3) is 0 Å². The van der Waals surface area contributed by atoms with Gasteiger partial charge in [-0.25, -0.2) is 0 Å². The Bertz CT molecular complexity index is 386. The van der Waals surface area contributed by atoms with Crippen LogP contribution in [0.4, 0.5) is 0 Å². The van der Waals surface area contributed by atoms with Gasteiger partial charge < -0.3 is 9.53 Å². The molecule has 2 heteroatoms. The summed E-state index contributed by atoms with van der Waals surface area (Å²) in [6.45, 7) is 2.17. The van der Waals surface area contributed by atoms with Crippen LogP contribution < -0.4 is 0 Å². The smallest absolute Gasteiger partial charge is 0.151 e. The van der Waals surface area contributed by atoms with E-state index in [2.05, 4.69) is 31.2 Å². The van der Waals surface area contributed by atoms with Gasteiger partial charge in [0.25, 0.3) is 0 Å². The molecule has 98 valence electrons. The Hall–Kier alpha value is -1.15. The van der Waals surface area contributed by atoms with Crippen LogP contribution in [-0.2, 0) is 16.0 Å². The van der Waals surface area contributed by atoms with Crippen molar-refractivity contribution in [1.82, 2.24) is 0 Å². The summed E-state index contributed by atoms with van der Waals surface area (Å²) in [4.78, 5) is 11.1. The summed E-state index contributed by atoms with van der Waals surface area (Å²) in [6, 6.07) is 8.91. The Balaban J connectivity index is 2.02. The number of hydrogen-bond donors (Lipinski definition) is 0. The van der Waals surface area contributed by atoms with Gasteiger partial charge in [-0.15, -0.1) is 0 Å². The lowest BCUT2D eigenvalue weighted by Gasteiger charge is -2.35. The van der Waals surface area contributed by atoms with Crippen LogP contribution in [0.1, 0.15) is 49.7 Å². The molecule has 0 bridgehead atoms. The maximum atomic E-state index is 11.1. The molecule has 0 aliphatic heterocycles. The quantitative estimate of drug-likeness (QED) is 0.760. The molecule has 0 N–H and O–H groups in total. The second-order valence-electron chi connectivity index (χ2n) is 5.26. The molecule has 0 radical (unpaired) electrons. The van der Waals surface area contributed by atoms with Crippen LogP contribution in [0.3, 0.4) is 0 Å². The average Bonchev–Trinajstić information content (AvgIpc) is 2.47. The van der Waals surface area contributed by atoms with Crippen molar-refractivity contribution in [3.05, 3.63) is 35.4 Å². The third kappa shape index (κ3) is 2.64. The molecule has 0 atom stereocenters. The average molecular weight is 246 g/mol. The zero-order valence-electron chi connectivity index (χ0n) is 11.3. The number of aryl methyl sites for hydroxylation is 1. The molecule has 1 saturated carbocycles. The molecule has 18 heavy (non-hydrogen) atoms. The second-order valence-corrected chi connectivity index (χ2v) is 5.26. The molecule has 2 rings (SSSR count). The van der Waals surface area contributed by atoms with Gasteiger partial charge in [-0.2, -0.15) is 0 Å². The van der Waals surface area contributed by atoms with E-state index in [4.69, 9.17) is 4.74 Å². The molecule has 1 aliphatic rings. The van der Waals surface area contributed by atoms with Crippen molar-refractivity contribution < 1.29 is 9.53 Å². The van der Waals surface area contributed by atoms with Crippen molar-refractivity contribution in [2.24, 2.45) is 0 Å². The van der Waals surface area contributed by atoms with Crippen LogP contribution in [0.2, 0.25) is 0 Å². The first-order valence-electron chi connectivity index (χ1n) is 6.83. The minimum absolute atomic E-state index is 0.514. The van der Waals surface area contributed by atoms with Crippen LogP contribution >= 0.6 is 0 Å². The molecule has 0 spiro atoms. The van der Waals surface area contributed by atoms with Crippen molar-refractivity contribution in [3.63, 3.8) is 0 Å². The highest BCUT2D eigenvalue weighted by Gasteiger charge is 2.35. The SMILES string of the molecule is CCc1ccc(C2CCC(C=O)(OC)CC2)cc1. The molecule has 0 heterocycles. The number of methoxy groups -OCH3 is 1. The summed E-state index contributed by atoms with van der Waals surface area (Å²) in [5.74, 6) is 0.583. The van der Waals surface area contributed by atoms with Crippen LogP contribution in [0.15, 0.2) is 24.3 Å². The van der Waals surface area contributed by atoms with E-state index >= 15 is 0 Å². The van der Waals surface area contributed by atoms with Gasteiger partial charge in [0.1, 0.15) is 5.60 Å². The predicted octanol–water partition coefficient (Wildman–Crippen LogP) is 3.49. The van der Waals surface area contributed by atoms with E-state index in [1.807, 2.05) is 0 Å². The molecule has 1 aromatic rings. The number of carbonyl (C=O) groups excluding carboxylic acids is 1. The Morgan fingerprint density at radius 1 is 1.28 bits per heavy atom. The van der Waals surface area contributed by atoms with Gasteiger partial charge in [0.15, 0.2) is 6.29 Å². The number of benzene rings is 1. The maximum absolute atomic E-state index is 11.1. The number of ether oxygens (including phenoxy) is 1. The summed E-state index contributed by atoms with van der Waals surface area (Å²) < 4.78 is 5.38. The summed E-state index contributed by atoms with van der Waals surface area (Å²) >= 11 is 0. The van der Waals surface area contributed by atoms with E-state index in [-0.39, 0.29) is 0 Å². The molecular weight excluding hydrogens is 224 g/mol. The van der Waals surface area contributed by atoms with Gasteiger partial charge >= 0.3 is 0 Å². The van der Waals surface area contributed by atoms with E-state index in [9.17, 15) is 4.79 Å². The fourth-order valence-corrected chi connectivity index (χ4v) is 2.84. The van der Waals surface area contributed by atoms with Crippen LogP contribution in [0.5, 0.6) is 0 Å². The molecule has 0 saturated heterocycles. The first-order valence-corrected chi connectivity index (χ1v) is 6.83. The van der Waals surface area contributed by atoms with E-state index in [0.29, 0.717) is 5.92 Å². The molecule has 1 fully saturated rings. The third-order valence-electron chi connectivity index (χ3n) is 4.31. The topological polar surface area (TPSA) is 26.3 Å². The predicted molar refractivity (Wildman–Crippen MR) is 72.8 cm³/mol. The highest BCUT2D eigenvalue weighted by Crippen LogP contribution is 2.38. The highest BCUT2D eigenvalue weighted by atomic mass is 16.5. The molecule has 0 amide bonds. The Morgan fingerprint density at radius 2 is 1.89 bits per heavy atom. The van der Waals surface area contributed by atoms with E-state index in [1.54, 1.807) is 7.11 Å². The van der Waals surface area contributed by atoms with Gasteiger partial charge in [0, 0.05) is 7.11 Å². The lowest BCUT2D eigenvalue weighted by Crippen LogP contribution is -2.37. The largest absolute Gasteiger partial charge is 0.371 e. The Labute approximate surface area is 109 Å². The second kappa shape index (κ2) is 5.66. The number of aldehydes is 1. The van der Waals surface area contributed by atoms with Gasteiger partial charge in [0.2, 0.25) is 0 Å². The summed E-state index contributed by atoms with van der Waals surface area (Å²) in [7, 11) is 1.64. The lowest BCUT2D eigenvalue weighted by atomic mass is 9.76. The highest BCUT2D eigenvalue weighted by molar-refractivity contribution is 5.62. The number of rotatable bonds is 4. The van der Waals surface area contributed by atoms with E-state index in [0.717, 1.165) is 38.4 Å². The Kier molecular flexibility index (Phi) is 4.18. The molecule has 2 nitrogen and oxygen atoms in total. The van der Waals surface area contributed by atoms with Crippen LogP contribution in [0, 0.1) is 0 Å². The number of carbonyl (C=O) groups is 1. The van der Waals surface area contributed by atoms with Crippen molar-refractivity contribution in [2.75, 3.05) is 7.11 Å². The summed E-state index contributed by atoms with van der Waals surface area (Å²) in [5.41, 5.74) is 2.27. The summed E-state index contributed by atoms with van der Waals surface area (Å²) in [5, 5.41) is 0. The van der Waals surface area contributed by atoms with Gasteiger partial charge in [-0.3, -0.25) is 0 Å². The minimum atomic E-state index is -0.514. The van der Waals surface area contributed by atoms with Gasteiger partial charge in [-0.1, -0.05) is 31.2 Å². The van der Waals surface area contributed by atoms with Crippen molar-refractivity contribution in [1.29, 1.82) is 0 Å². The van der Waals surface area contributed by atoms with E-state index in [1.165, 1.54) is 11.1 Å². The first kappa shape index (κ1) is 13.3. The van der Waals surface area contributed by atoms with Crippen LogP contribution in [-0.4, -0.2) is 19.0 Å². The zero-order chi connectivity index (χ0) is 13.0. The Morgan fingerprint density at radius 3 is 2.33 bits per heavy atom. The summed E-state index contributed by atoms with van der Waals surface area (Å²) in [6.07, 6.45) is 5.84. The number of hydrogen-bond acceptors (Lipinski definition) is 2. The third-order valence-corrected chi connectivity index (χ3v) is 4.31. The first-order chi connectivity index (χ1) is 8.73. The fraction of sp³-hybridized carbons (Fsp3) is 0.562. The van der Waals surface area contributed by atoms with Crippen molar-refractivity contribution in [3.8, 4) is 0 Å². The van der Waals surface area contributed by atoms with E-state index < -0.39 is 5.60 Å². The van der Waals surface area contributed by atoms with Crippen molar-refractivity contribution >= 4 is 6.29 Å². The standard InChI is InChI=1S/C16H22O2/c1-3-13-4-6-14(7-5-13)15-8-10-16(12-17,18-2)11-9-15/h4-7,12,15H,3,8-11H2,1-2H3. The molecule has 0 unspecified atom stereocenters. The van der Waals surface area contributed by atoms with Gasteiger partial charge in [-0.05, 0) is 49.1 Å². The van der Waals surface area contributed by atoms with Crippen molar-refractivity contribution in [2.45, 2.75) is 50.5 Å². The molecular formula is C16H22O2. The molecule has 1 aromatic carbocycles. The normalized spacial score (nSPS) is 28.0.